The SMILES string of the molecule is O=C[C@H](CC(=O)O)NC(=O)[C@@H]1CCCN2C(=O)CC[C@H](NC(=O)c3cccc(Cl)c3)C(=O)N12. The van der Waals surface area contributed by atoms with E-state index in [4.69, 9.17) is 16.7 Å². The summed E-state index contributed by atoms with van der Waals surface area (Å²) in [5.41, 5.74) is 0.234. The topological polar surface area (TPSA) is 153 Å². The van der Waals surface area contributed by atoms with Crippen LogP contribution in [0.2, 0.25) is 5.02 Å². The second-order valence-electron chi connectivity index (χ2n) is 7.78. The molecule has 11 nitrogen and oxygen atoms in total. The average Bonchev–Trinajstić information content (AvgIpc) is 2.90. The zero-order chi connectivity index (χ0) is 24.1. The molecule has 3 N–H and O–H groups in total. The number of aliphatic carboxylic acids is 1. The minimum Gasteiger partial charge on any atom is -0.481 e. The second kappa shape index (κ2) is 10.4. The normalized spacial score (nSPS) is 21.5. The molecule has 2 aliphatic rings. The van der Waals surface area contributed by atoms with Gasteiger partial charge in [-0.1, -0.05) is 17.7 Å². The Hall–Kier alpha value is -3.47. The van der Waals surface area contributed by atoms with E-state index in [9.17, 15) is 28.8 Å². The van der Waals surface area contributed by atoms with Gasteiger partial charge in [-0.2, -0.15) is 0 Å². The van der Waals surface area contributed by atoms with Crippen LogP contribution in [0.4, 0.5) is 0 Å². The predicted molar refractivity (Wildman–Crippen MR) is 114 cm³/mol. The lowest BCUT2D eigenvalue weighted by atomic mass is 10.0. The fourth-order valence-corrected chi connectivity index (χ4v) is 4.07. The number of fused-ring (bicyclic) bond motifs is 1. The number of halogens is 1. The summed E-state index contributed by atoms with van der Waals surface area (Å²) in [6.07, 6.45) is 0.341. The predicted octanol–water partition coefficient (Wildman–Crippen LogP) is 0.125. The van der Waals surface area contributed by atoms with Gasteiger partial charge in [0.15, 0.2) is 0 Å². The largest absolute Gasteiger partial charge is 0.481 e. The van der Waals surface area contributed by atoms with Crippen LogP contribution in [-0.2, 0) is 24.0 Å². The van der Waals surface area contributed by atoms with Crippen molar-refractivity contribution >= 4 is 47.5 Å². The molecule has 4 amide bonds. The maximum absolute atomic E-state index is 13.4. The van der Waals surface area contributed by atoms with Crippen molar-refractivity contribution in [1.82, 2.24) is 20.7 Å². The lowest BCUT2D eigenvalue weighted by Crippen LogP contribution is -2.64. The van der Waals surface area contributed by atoms with E-state index in [1.165, 1.54) is 17.1 Å². The van der Waals surface area contributed by atoms with Gasteiger partial charge in [0.2, 0.25) is 11.8 Å². The summed E-state index contributed by atoms with van der Waals surface area (Å²) in [6.45, 7) is 0.218. The highest BCUT2D eigenvalue weighted by Gasteiger charge is 2.44. The first kappa shape index (κ1) is 24.2. The first-order valence-electron chi connectivity index (χ1n) is 10.4. The highest BCUT2D eigenvalue weighted by Crippen LogP contribution is 2.25. The molecular formula is C21H23ClN4O7. The van der Waals surface area contributed by atoms with E-state index < -0.39 is 48.2 Å². The molecule has 2 saturated heterocycles. The van der Waals surface area contributed by atoms with Gasteiger partial charge in [0.1, 0.15) is 18.4 Å². The Bertz CT molecular complexity index is 985. The number of benzene rings is 1. The lowest BCUT2D eigenvalue weighted by Gasteiger charge is -2.43. The third-order valence-corrected chi connectivity index (χ3v) is 5.68. The van der Waals surface area contributed by atoms with Crippen LogP contribution in [0.5, 0.6) is 0 Å². The van der Waals surface area contributed by atoms with E-state index in [0.717, 1.165) is 5.01 Å². The number of hydrogen-bond donors (Lipinski definition) is 3. The van der Waals surface area contributed by atoms with E-state index in [0.29, 0.717) is 17.7 Å². The van der Waals surface area contributed by atoms with Crippen LogP contribution in [-0.4, -0.2) is 75.7 Å². The van der Waals surface area contributed by atoms with Gasteiger partial charge in [0.25, 0.3) is 11.8 Å². The van der Waals surface area contributed by atoms with Crippen molar-refractivity contribution in [1.29, 1.82) is 0 Å². The van der Waals surface area contributed by atoms with Gasteiger partial charge in [0, 0.05) is 23.6 Å². The molecule has 12 heteroatoms. The average molecular weight is 479 g/mol. The molecule has 1 aromatic carbocycles. The third-order valence-electron chi connectivity index (χ3n) is 5.44. The summed E-state index contributed by atoms with van der Waals surface area (Å²) in [5, 5.41) is 16.4. The van der Waals surface area contributed by atoms with Crippen molar-refractivity contribution in [2.75, 3.05) is 6.54 Å². The van der Waals surface area contributed by atoms with E-state index in [-0.39, 0.29) is 37.3 Å². The molecule has 2 heterocycles. The van der Waals surface area contributed by atoms with Gasteiger partial charge in [-0.15, -0.1) is 0 Å². The first-order valence-corrected chi connectivity index (χ1v) is 10.8. The number of nitrogens with zero attached hydrogens (tertiary/aromatic N) is 2. The van der Waals surface area contributed by atoms with Crippen molar-refractivity contribution in [2.24, 2.45) is 0 Å². The van der Waals surface area contributed by atoms with Crippen molar-refractivity contribution in [3.8, 4) is 0 Å². The van der Waals surface area contributed by atoms with E-state index in [1.54, 1.807) is 12.1 Å². The lowest BCUT2D eigenvalue weighted by molar-refractivity contribution is -0.176. The minimum atomic E-state index is -1.28. The third kappa shape index (κ3) is 5.67. The Kier molecular flexibility index (Phi) is 7.64. The second-order valence-corrected chi connectivity index (χ2v) is 8.22. The molecule has 0 saturated carbocycles. The van der Waals surface area contributed by atoms with E-state index in [1.807, 2.05) is 0 Å². The van der Waals surface area contributed by atoms with Crippen LogP contribution >= 0.6 is 11.6 Å². The summed E-state index contributed by atoms with van der Waals surface area (Å²) in [4.78, 5) is 73.6. The number of nitrogens with one attached hydrogen (secondary N) is 2. The monoisotopic (exact) mass is 478 g/mol. The molecule has 3 atom stereocenters. The summed E-state index contributed by atoms with van der Waals surface area (Å²) >= 11 is 5.92. The molecule has 0 aliphatic carbocycles. The smallest absolute Gasteiger partial charge is 0.305 e. The molecule has 33 heavy (non-hydrogen) atoms. The van der Waals surface area contributed by atoms with Crippen LogP contribution in [0, 0.1) is 0 Å². The quantitative estimate of drug-likeness (QED) is 0.470. The molecule has 0 bridgehead atoms. The molecule has 0 spiro atoms. The van der Waals surface area contributed by atoms with Crippen LogP contribution in [0.25, 0.3) is 0 Å². The summed E-state index contributed by atoms with van der Waals surface area (Å²) in [6, 6.07) is 2.67. The summed E-state index contributed by atoms with van der Waals surface area (Å²) < 4.78 is 0. The fourth-order valence-electron chi connectivity index (χ4n) is 3.88. The number of carboxylic acid groups (broad SMARTS) is 1. The molecular weight excluding hydrogens is 456 g/mol. The molecule has 176 valence electrons. The van der Waals surface area contributed by atoms with Crippen molar-refractivity contribution < 1.29 is 33.9 Å². The Morgan fingerprint density at radius 3 is 2.67 bits per heavy atom. The number of hydrogen-bond acceptors (Lipinski definition) is 6. The number of carboxylic acids is 1. The fraction of sp³-hybridized carbons (Fsp3) is 0.429. The molecule has 0 unspecified atom stereocenters. The molecule has 0 aromatic heterocycles. The Labute approximate surface area is 194 Å². The van der Waals surface area contributed by atoms with Crippen LogP contribution in [0.15, 0.2) is 24.3 Å². The number of carbonyl (C=O) groups is 6. The number of carbonyl (C=O) groups excluding carboxylic acids is 5. The molecule has 0 radical (unpaired) electrons. The number of aldehydes is 1. The Morgan fingerprint density at radius 1 is 1.24 bits per heavy atom. The van der Waals surface area contributed by atoms with Gasteiger partial charge in [-0.05, 0) is 37.5 Å². The van der Waals surface area contributed by atoms with Crippen molar-refractivity contribution in [2.45, 2.75) is 50.2 Å². The van der Waals surface area contributed by atoms with Gasteiger partial charge >= 0.3 is 5.97 Å². The van der Waals surface area contributed by atoms with Crippen LogP contribution in [0.3, 0.4) is 0 Å². The van der Waals surface area contributed by atoms with Crippen LogP contribution in [0.1, 0.15) is 42.5 Å². The van der Waals surface area contributed by atoms with Crippen LogP contribution < -0.4 is 10.6 Å². The first-order chi connectivity index (χ1) is 15.7. The Balaban J connectivity index is 1.81. The van der Waals surface area contributed by atoms with Crippen molar-refractivity contribution in [3.63, 3.8) is 0 Å². The van der Waals surface area contributed by atoms with Gasteiger partial charge in [-0.25, -0.2) is 5.01 Å². The maximum atomic E-state index is 13.4. The van der Waals surface area contributed by atoms with Crippen molar-refractivity contribution in [3.05, 3.63) is 34.9 Å². The number of hydrazine groups is 1. The summed E-state index contributed by atoms with van der Waals surface area (Å²) in [5.74, 6) is -3.60. The highest BCUT2D eigenvalue weighted by atomic mass is 35.5. The molecule has 2 aliphatic heterocycles. The maximum Gasteiger partial charge on any atom is 0.305 e. The zero-order valence-electron chi connectivity index (χ0n) is 17.5. The minimum absolute atomic E-state index is 0.0208. The Morgan fingerprint density at radius 2 is 2.00 bits per heavy atom. The number of amides is 4. The summed E-state index contributed by atoms with van der Waals surface area (Å²) in [7, 11) is 0. The molecule has 2 fully saturated rings. The van der Waals surface area contributed by atoms with Gasteiger partial charge in [-0.3, -0.25) is 29.0 Å². The number of rotatable bonds is 7. The van der Waals surface area contributed by atoms with Gasteiger partial charge < -0.3 is 20.5 Å². The molecule has 3 rings (SSSR count). The zero-order valence-corrected chi connectivity index (χ0v) is 18.3. The molecule has 1 aromatic rings. The van der Waals surface area contributed by atoms with E-state index >= 15 is 0 Å². The highest BCUT2D eigenvalue weighted by molar-refractivity contribution is 6.31. The van der Waals surface area contributed by atoms with E-state index in [2.05, 4.69) is 10.6 Å². The van der Waals surface area contributed by atoms with Gasteiger partial charge in [0.05, 0.1) is 12.5 Å². The standard InChI is InChI=1S/C21H23ClN4O7/c22-13-4-1-3-12(9-13)19(31)24-15-6-7-17(28)25-8-2-5-16(26(25)21(15)33)20(32)23-14(11-27)10-18(29)30/h1,3-4,9,11,14-16H,2,5-8,10H2,(H,23,32)(H,24,31)(H,29,30)/t14-,15-,16-/m0/s1.